The standard InChI is InChI=1S/C14H29NO2Si/c1-5-8-15(9-6-2)12-14-13-16-10-7-11-18(3,4)17-14/h5,14H,1,6-13H2,2-4H3. The van der Waals surface area contributed by atoms with Gasteiger partial charge >= 0.3 is 0 Å². The lowest BCUT2D eigenvalue weighted by atomic mass is 10.3. The summed E-state index contributed by atoms with van der Waals surface area (Å²) in [6.45, 7) is 15.3. The van der Waals surface area contributed by atoms with Crippen LogP contribution in [0.2, 0.25) is 19.1 Å². The van der Waals surface area contributed by atoms with Crippen LogP contribution < -0.4 is 0 Å². The first-order valence-electron chi connectivity index (χ1n) is 7.16. The van der Waals surface area contributed by atoms with Crippen LogP contribution in [0.3, 0.4) is 0 Å². The maximum Gasteiger partial charge on any atom is 0.187 e. The highest BCUT2D eigenvalue weighted by Gasteiger charge is 2.29. The van der Waals surface area contributed by atoms with Crippen molar-refractivity contribution in [3.63, 3.8) is 0 Å². The highest BCUT2D eigenvalue weighted by molar-refractivity contribution is 6.71. The monoisotopic (exact) mass is 271 g/mol. The fourth-order valence-electron chi connectivity index (χ4n) is 2.49. The summed E-state index contributed by atoms with van der Waals surface area (Å²) in [5, 5.41) is 0. The summed E-state index contributed by atoms with van der Waals surface area (Å²) in [5.41, 5.74) is 0. The third-order valence-electron chi connectivity index (χ3n) is 3.25. The van der Waals surface area contributed by atoms with E-state index in [0.29, 0.717) is 0 Å². The first-order chi connectivity index (χ1) is 8.57. The van der Waals surface area contributed by atoms with E-state index in [0.717, 1.165) is 39.3 Å². The van der Waals surface area contributed by atoms with Gasteiger partial charge in [0.1, 0.15) is 0 Å². The van der Waals surface area contributed by atoms with Gasteiger partial charge in [-0.2, -0.15) is 0 Å². The number of nitrogens with zero attached hydrogens (tertiary/aromatic N) is 1. The third-order valence-corrected chi connectivity index (χ3v) is 5.78. The Labute approximate surface area is 113 Å². The van der Waals surface area contributed by atoms with Gasteiger partial charge in [0.05, 0.1) is 12.7 Å². The molecule has 0 aliphatic carbocycles. The Kier molecular flexibility index (Phi) is 7.15. The van der Waals surface area contributed by atoms with Crippen molar-refractivity contribution in [2.75, 3.05) is 32.8 Å². The summed E-state index contributed by atoms with van der Waals surface area (Å²) in [6.07, 6.45) is 4.53. The molecule has 0 saturated carbocycles. The predicted octanol–water partition coefficient (Wildman–Crippen LogP) is 2.90. The van der Waals surface area contributed by atoms with Crippen LogP contribution in [0.4, 0.5) is 0 Å². The lowest BCUT2D eigenvalue weighted by Gasteiger charge is -2.34. The van der Waals surface area contributed by atoms with Gasteiger partial charge in [0.2, 0.25) is 0 Å². The van der Waals surface area contributed by atoms with Crippen molar-refractivity contribution in [3.05, 3.63) is 12.7 Å². The highest BCUT2D eigenvalue weighted by Crippen LogP contribution is 2.19. The van der Waals surface area contributed by atoms with Crippen molar-refractivity contribution < 1.29 is 9.16 Å². The van der Waals surface area contributed by atoms with Gasteiger partial charge in [-0.3, -0.25) is 4.90 Å². The Bertz CT molecular complexity index is 246. The summed E-state index contributed by atoms with van der Waals surface area (Å²) >= 11 is 0. The topological polar surface area (TPSA) is 21.7 Å². The van der Waals surface area contributed by atoms with E-state index >= 15 is 0 Å². The van der Waals surface area contributed by atoms with Crippen LogP contribution in [0, 0.1) is 0 Å². The molecule has 0 radical (unpaired) electrons. The minimum absolute atomic E-state index is 0.235. The van der Waals surface area contributed by atoms with Gasteiger partial charge in [0, 0.05) is 19.7 Å². The molecule has 1 heterocycles. The number of hydrogen-bond donors (Lipinski definition) is 0. The summed E-state index contributed by atoms with van der Waals surface area (Å²) in [4.78, 5) is 2.41. The molecule has 1 unspecified atom stereocenters. The lowest BCUT2D eigenvalue weighted by molar-refractivity contribution is 0.0188. The third kappa shape index (κ3) is 6.14. The Morgan fingerprint density at radius 1 is 1.44 bits per heavy atom. The molecule has 0 bridgehead atoms. The molecular formula is C14H29NO2Si. The van der Waals surface area contributed by atoms with Crippen molar-refractivity contribution in [3.8, 4) is 0 Å². The van der Waals surface area contributed by atoms with Crippen LogP contribution >= 0.6 is 0 Å². The van der Waals surface area contributed by atoms with Gasteiger partial charge < -0.3 is 9.16 Å². The number of rotatable bonds is 6. The molecule has 106 valence electrons. The smallest absolute Gasteiger partial charge is 0.187 e. The maximum absolute atomic E-state index is 6.34. The summed E-state index contributed by atoms with van der Waals surface area (Å²) in [6, 6.07) is 1.21. The summed E-state index contributed by atoms with van der Waals surface area (Å²) < 4.78 is 12.0. The minimum atomic E-state index is -1.48. The van der Waals surface area contributed by atoms with Crippen LogP contribution in [0.15, 0.2) is 12.7 Å². The van der Waals surface area contributed by atoms with E-state index in [1.54, 1.807) is 0 Å². The van der Waals surface area contributed by atoms with Crippen LogP contribution in [-0.4, -0.2) is 52.2 Å². The fourth-order valence-corrected chi connectivity index (χ4v) is 4.65. The fraction of sp³-hybridized carbons (Fsp3) is 0.857. The van der Waals surface area contributed by atoms with Crippen molar-refractivity contribution >= 4 is 8.32 Å². The largest absolute Gasteiger partial charge is 0.411 e. The van der Waals surface area contributed by atoms with E-state index in [1.807, 2.05) is 6.08 Å². The number of hydrogen-bond acceptors (Lipinski definition) is 3. The van der Waals surface area contributed by atoms with E-state index in [4.69, 9.17) is 9.16 Å². The van der Waals surface area contributed by atoms with Crippen LogP contribution in [0.1, 0.15) is 19.8 Å². The number of ether oxygens (including phenoxy) is 1. The average molecular weight is 271 g/mol. The van der Waals surface area contributed by atoms with Crippen molar-refractivity contribution in [2.45, 2.75) is 45.0 Å². The second-order valence-electron chi connectivity index (χ2n) is 5.73. The molecule has 1 fully saturated rings. The molecule has 1 rings (SSSR count). The molecule has 1 aliphatic rings. The first kappa shape index (κ1) is 15.9. The molecule has 0 aromatic carbocycles. The van der Waals surface area contributed by atoms with Gasteiger partial charge in [0.25, 0.3) is 0 Å². The molecule has 18 heavy (non-hydrogen) atoms. The Balaban J connectivity index is 2.51. The molecule has 1 aliphatic heterocycles. The molecule has 4 heteroatoms. The van der Waals surface area contributed by atoms with E-state index in [-0.39, 0.29) is 6.10 Å². The molecule has 0 spiro atoms. The highest BCUT2D eigenvalue weighted by atomic mass is 28.4. The van der Waals surface area contributed by atoms with E-state index in [1.165, 1.54) is 12.5 Å². The SMILES string of the molecule is C=CCN(CCC)CC1COCCC[Si](C)(C)O1. The molecular weight excluding hydrogens is 242 g/mol. The van der Waals surface area contributed by atoms with Gasteiger partial charge in [-0.15, -0.1) is 6.58 Å². The van der Waals surface area contributed by atoms with Gasteiger partial charge in [-0.25, -0.2) is 0 Å². The maximum atomic E-state index is 6.34. The van der Waals surface area contributed by atoms with Crippen LogP contribution in [-0.2, 0) is 9.16 Å². The van der Waals surface area contributed by atoms with Gasteiger partial charge in [-0.05, 0) is 38.5 Å². The van der Waals surface area contributed by atoms with E-state index < -0.39 is 8.32 Å². The van der Waals surface area contributed by atoms with Gasteiger partial charge in [0.15, 0.2) is 8.32 Å². The first-order valence-corrected chi connectivity index (χ1v) is 10.3. The van der Waals surface area contributed by atoms with Crippen molar-refractivity contribution in [1.82, 2.24) is 4.90 Å². The molecule has 0 aromatic heterocycles. The minimum Gasteiger partial charge on any atom is -0.411 e. The Morgan fingerprint density at radius 2 is 2.22 bits per heavy atom. The quantitative estimate of drug-likeness (QED) is 0.548. The zero-order chi connectivity index (χ0) is 13.4. The zero-order valence-corrected chi connectivity index (χ0v) is 13.3. The predicted molar refractivity (Wildman–Crippen MR) is 79.5 cm³/mol. The Morgan fingerprint density at radius 3 is 2.89 bits per heavy atom. The molecule has 0 amide bonds. The summed E-state index contributed by atoms with van der Waals surface area (Å²) in [5.74, 6) is 0. The molecule has 3 nitrogen and oxygen atoms in total. The normalized spacial score (nSPS) is 24.6. The van der Waals surface area contributed by atoms with Crippen LogP contribution in [0.5, 0.6) is 0 Å². The second kappa shape index (κ2) is 8.10. The second-order valence-corrected chi connectivity index (χ2v) is 9.98. The zero-order valence-electron chi connectivity index (χ0n) is 12.3. The molecule has 1 saturated heterocycles. The van der Waals surface area contributed by atoms with Crippen molar-refractivity contribution in [1.29, 1.82) is 0 Å². The molecule has 0 aromatic rings. The Hall–Kier alpha value is -0.163. The van der Waals surface area contributed by atoms with Gasteiger partial charge in [-0.1, -0.05) is 13.0 Å². The molecule has 1 atom stereocenters. The van der Waals surface area contributed by atoms with Crippen LogP contribution in [0.25, 0.3) is 0 Å². The van der Waals surface area contributed by atoms with E-state index in [9.17, 15) is 0 Å². The van der Waals surface area contributed by atoms with Crippen molar-refractivity contribution in [2.24, 2.45) is 0 Å². The average Bonchev–Trinajstić information content (AvgIpc) is 2.26. The summed E-state index contributed by atoms with van der Waals surface area (Å²) in [7, 11) is -1.48. The molecule has 0 N–H and O–H groups in total. The van der Waals surface area contributed by atoms with E-state index in [2.05, 4.69) is 31.5 Å². The lowest BCUT2D eigenvalue weighted by Crippen LogP contribution is -2.45.